The third kappa shape index (κ3) is 1.53. The molecule has 0 amide bonds. The Hall–Kier alpha value is -2.28. The molecular weight excluding hydrogens is 278 g/mol. The molecule has 1 N–H and O–H groups in total. The van der Waals surface area contributed by atoms with Crippen molar-refractivity contribution in [2.75, 3.05) is 0 Å². The predicted molar refractivity (Wildman–Crippen MR) is 94.5 cm³/mol. The first kappa shape index (κ1) is 13.2. The number of hydrogen-bond acceptors (Lipinski definition) is 0. The molecule has 3 aliphatic rings. The van der Waals surface area contributed by atoms with Gasteiger partial charge in [0.25, 0.3) is 0 Å². The Bertz CT molecular complexity index is 838. The Kier molecular flexibility index (Phi) is 2.39. The third-order valence-electron chi connectivity index (χ3n) is 6.08. The molecule has 2 aromatic carbocycles. The molecule has 114 valence electrons. The predicted octanol–water partition coefficient (Wildman–Crippen LogP) is 5.24. The van der Waals surface area contributed by atoms with Gasteiger partial charge in [0.05, 0.1) is 0 Å². The molecule has 0 unspecified atom stereocenters. The summed E-state index contributed by atoms with van der Waals surface area (Å²) in [5.41, 5.74) is 14.6. The van der Waals surface area contributed by atoms with E-state index in [2.05, 4.69) is 69.3 Å². The van der Waals surface area contributed by atoms with E-state index in [1.165, 1.54) is 55.6 Å². The van der Waals surface area contributed by atoms with Crippen LogP contribution in [-0.4, -0.2) is 4.98 Å². The minimum Gasteiger partial charge on any atom is -0.367 e. The van der Waals surface area contributed by atoms with Crippen LogP contribution >= 0.6 is 0 Å². The van der Waals surface area contributed by atoms with Crippen LogP contribution in [0.1, 0.15) is 67.5 Å². The zero-order chi connectivity index (χ0) is 15.9. The Labute approximate surface area is 137 Å². The second kappa shape index (κ2) is 4.17. The van der Waals surface area contributed by atoms with E-state index in [9.17, 15) is 0 Å². The van der Waals surface area contributed by atoms with E-state index in [-0.39, 0.29) is 0 Å². The van der Waals surface area contributed by atoms with Crippen LogP contribution in [0, 0.1) is 27.7 Å². The van der Waals surface area contributed by atoms with Gasteiger partial charge < -0.3 is 4.98 Å². The molecule has 0 saturated heterocycles. The fourth-order valence-electron chi connectivity index (χ4n) is 4.61. The second-order valence-electron chi connectivity index (χ2n) is 7.36. The SMILES string of the molecule is Cc1cc2c(cc1C)C1c3c[nH]cc3C2c2cc(C)c(C)cc21. The van der Waals surface area contributed by atoms with Gasteiger partial charge in [0.15, 0.2) is 0 Å². The van der Waals surface area contributed by atoms with Gasteiger partial charge in [0, 0.05) is 24.2 Å². The summed E-state index contributed by atoms with van der Waals surface area (Å²) >= 11 is 0. The van der Waals surface area contributed by atoms with Crippen molar-refractivity contribution in [2.45, 2.75) is 39.5 Å². The molecule has 3 aliphatic carbocycles. The summed E-state index contributed by atoms with van der Waals surface area (Å²) in [5.74, 6) is 0.787. The van der Waals surface area contributed by atoms with Crippen LogP contribution in [0.15, 0.2) is 36.7 Å². The Morgan fingerprint density at radius 2 is 0.826 bits per heavy atom. The average Bonchev–Trinajstić information content (AvgIpc) is 2.99. The molecule has 6 rings (SSSR count). The van der Waals surface area contributed by atoms with Gasteiger partial charge in [0.1, 0.15) is 0 Å². The molecule has 1 heterocycles. The van der Waals surface area contributed by atoms with E-state index < -0.39 is 0 Å². The zero-order valence-corrected chi connectivity index (χ0v) is 14.1. The lowest BCUT2D eigenvalue weighted by Crippen LogP contribution is -2.27. The highest BCUT2D eigenvalue weighted by atomic mass is 14.7. The lowest BCUT2D eigenvalue weighted by molar-refractivity contribution is 0.756. The minimum atomic E-state index is 0.393. The van der Waals surface area contributed by atoms with Crippen molar-refractivity contribution >= 4 is 0 Å². The van der Waals surface area contributed by atoms with Crippen LogP contribution in [0.5, 0.6) is 0 Å². The van der Waals surface area contributed by atoms with Gasteiger partial charge in [-0.1, -0.05) is 24.3 Å². The molecule has 1 aromatic heterocycles. The van der Waals surface area contributed by atoms with Gasteiger partial charge in [-0.25, -0.2) is 0 Å². The first-order valence-corrected chi connectivity index (χ1v) is 8.45. The summed E-state index contributed by atoms with van der Waals surface area (Å²) in [6, 6.07) is 9.71. The molecule has 0 atom stereocenters. The maximum absolute atomic E-state index is 3.37. The Morgan fingerprint density at radius 1 is 0.522 bits per heavy atom. The van der Waals surface area contributed by atoms with Crippen molar-refractivity contribution in [3.63, 3.8) is 0 Å². The van der Waals surface area contributed by atoms with Gasteiger partial charge >= 0.3 is 0 Å². The normalized spacial score (nSPS) is 20.2. The maximum atomic E-state index is 3.37. The highest BCUT2D eigenvalue weighted by Crippen LogP contribution is 2.56. The maximum Gasteiger partial charge on any atom is 0.0364 e. The molecule has 0 saturated carbocycles. The van der Waals surface area contributed by atoms with Crippen LogP contribution in [0.2, 0.25) is 0 Å². The van der Waals surface area contributed by atoms with Crippen LogP contribution in [0.3, 0.4) is 0 Å². The molecule has 2 bridgehead atoms. The monoisotopic (exact) mass is 299 g/mol. The largest absolute Gasteiger partial charge is 0.367 e. The van der Waals surface area contributed by atoms with Crippen LogP contribution in [-0.2, 0) is 0 Å². The van der Waals surface area contributed by atoms with Crippen LogP contribution < -0.4 is 0 Å². The molecule has 0 spiro atoms. The van der Waals surface area contributed by atoms with Gasteiger partial charge in [-0.05, 0) is 83.3 Å². The van der Waals surface area contributed by atoms with E-state index in [4.69, 9.17) is 0 Å². The number of aromatic nitrogens is 1. The smallest absolute Gasteiger partial charge is 0.0364 e. The molecule has 0 aliphatic heterocycles. The van der Waals surface area contributed by atoms with E-state index in [1.54, 1.807) is 0 Å². The molecule has 1 heteroatoms. The van der Waals surface area contributed by atoms with Crippen molar-refractivity contribution in [3.05, 3.63) is 92.3 Å². The highest BCUT2D eigenvalue weighted by molar-refractivity contribution is 5.69. The molecule has 23 heavy (non-hydrogen) atoms. The quantitative estimate of drug-likeness (QED) is 0.403. The van der Waals surface area contributed by atoms with Crippen LogP contribution in [0.25, 0.3) is 0 Å². The molecule has 0 radical (unpaired) electrons. The van der Waals surface area contributed by atoms with Gasteiger partial charge in [-0.15, -0.1) is 0 Å². The summed E-state index contributed by atoms with van der Waals surface area (Å²) in [5, 5.41) is 0. The summed E-state index contributed by atoms with van der Waals surface area (Å²) in [6.45, 7) is 8.93. The molecule has 1 nitrogen and oxygen atoms in total. The number of hydrogen-bond donors (Lipinski definition) is 1. The number of aromatic amines is 1. The zero-order valence-electron chi connectivity index (χ0n) is 14.1. The first-order chi connectivity index (χ1) is 11.1. The summed E-state index contributed by atoms with van der Waals surface area (Å²) < 4.78 is 0. The minimum absolute atomic E-state index is 0.393. The fraction of sp³-hybridized carbons (Fsp3) is 0.273. The fourth-order valence-corrected chi connectivity index (χ4v) is 4.61. The topological polar surface area (TPSA) is 15.8 Å². The van der Waals surface area contributed by atoms with Crippen LogP contribution in [0.4, 0.5) is 0 Å². The highest BCUT2D eigenvalue weighted by Gasteiger charge is 2.42. The van der Waals surface area contributed by atoms with E-state index in [0.717, 1.165) is 0 Å². The van der Waals surface area contributed by atoms with E-state index in [1.807, 2.05) is 0 Å². The summed E-state index contributed by atoms with van der Waals surface area (Å²) in [7, 11) is 0. The van der Waals surface area contributed by atoms with Crippen molar-refractivity contribution in [1.29, 1.82) is 0 Å². The second-order valence-corrected chi connectivity index (χ2v) is 7.36. The Morgan fingerprint density at radius 3 is 1.13 bits per heavy atom. The lowest BCUT2D eigenvalue weighted by Gasteiger charge is -2.41. The van der Waals surface area contributed by atoms with Crippen molar-refractivity contribution < 1.29 is 0 Å². The number of benzene rings is 2. The number of aryl methyl sites for hydroxylation is 4. The summed E-state index contributed by atoms with van der Waals surface area (Å²) in [4.78, 5) is 3.37. The first-order valence-electron chi connectivity index (χ1n) is 8.45. The van der Waals surface area contributed by atoms with E-state index >= 15 is 0 Å². The molecule has 0 fully saturated rings. The molecular formula is C22H21N. The van der Waals surface area contributed by atoms with Gasteiger partial charge in [0.2, 0.25) is 0 Å². The third-order valence-corrected chi connectivity index (χ3v) is 6.08. The number of H-pyrrole nitrogens is 1. The average molecular weight is 299 g/mol. The van der Waals surface area contributed by atoms with Crippen molar-refractivity contribution in [2.24, 2.45) is 0 Å². The summed E-state index contributed by atoms with van der Waals surface area (Å²) in [6.07, 6.45) is 4.42. The number of nitrogens with one attached hydrogen (secondary N) is 1. The lowest BCUT2D eigenvalue weighted by atomic mass is 9.61. The van der Waals surface area contributed by atoms with Crippen molar-refractivity contribution in [1.82, 2.24) is 4.98 Å². The van der Waals surface area contributed by atoms with Gasteiger partial charge in [-0.2, -0.15) is 0 Å². The van der Waals surface area contributed by atoms with E-state index in [0.29, 0.717) is 11.8 Å². The van der Waals surface area contributed by atoms with Crippen molar-refractivity contribution in [3.8, 4) is 0 Å². The standard InChI is InChI=1S/C22H21N/c1-11-5-15-16(6-12(11)2)22-18-8-14(4)13(3)7-17(18)21(15)19-9-23-10-20(19)22/h5-10,21-23H,1-4H3. The molecule has 3 aromatic rings. The number of rotatable bonds is 0. The van der Waals surface area contributed by atoms with Gasteiger partial charge in [-0.3, -0.25) is 0 Å². The Balaban J connectivity index is 1.90.